The number of likely N-dealkylation sites (N-methyl/N-ethyl adjacent to an activating group) is 1. The number of benzene rings is 1. The van der Waals surface area contributed by atoms with E-state index in [1.165, 1.54) is 28.0 Å². The second-order valence-electron chi connectivity index (χ2n) is 5.25. The van der Waals surface area contributed by atoms with E-state index in [0.717, 1.165) is 22.0 Å². The van der Waals surface area contributed by atoms with Gasteiger partial charge in [0.25, 0.3) is 0 Å². The van der Waals surface area contributed by atoms with Crippen molar-refractivity contribution in [3.8, 4) is 11.3 Å². The van der Waals surface area contributed by atoms with Crippen molar-refractivity contribution in [2.75, 3.05) is 25.9 Å². The van der Waals surface area contributed by atoms with E-state index in [-0.39, 0.29) is 24.1 Å². The number of carbonyl (C=O) groups is 2. The van der Waals surface area contributed by atoms with Gasteiger partial charge in [-0.1, -0.05) is 49.0 Å². The van der Waals surface area contributed by atoms with Crippen LogP contribution in [0.5, 0.6) is 0 Å². The smallest absolute Gasteiger partial charge is 0.239 e. The van der Waals surface area contributed by atoms with Gasteiger partial charge < -0.3 is 10.2 Å². The maximum absolute atomic E-state index is 12.1. The Morgan fingerprint density at radius 2 is 2.04 bits per heavy atom. The molecule has 1 aromatic carbocycles. The highest BCUT2D eigenvalue weighted by atomic mass is 32.2. The SMILES string of the molecule is CCCNC(=O)CN(C)C(=O)CSc1nc(-c2ccccc2)cs1. The van der Waals surface area contributed by atoms with Crippen molar-refractivity contribution in [3.05, 3.63) is 35.7 Å². The minimum Gasteiger partial charge on any atom is -0.355 e. The molecule has 2 aromatic rings. The Labute approximate surface area is 150 Å². The molecule has 1 heterocycles. The van der Waals surface area contributed by atoms with Crippen LogP contribution in [0.3, 0.4) is 0 Å². The van der Waals surface area contributed by atoms with Crippen molar-refractivity contribution >= 4 is 34.9 Å². The van der Waals surface area contributed by atoms with Gasteiger partial charge in [-0.2, -0.15) is 0 Å². The van der Waals surface area contributed by atoms with Crippen LogP contribution in [-0.2, 0) is 9.59 Å². The number of hydrogen-bond acceptors (Lipinski definition) is 5. The molecule has 128 valence electrons. The van der Waals surface area contributed by atoms with Crippen LogP contribution in [0, 0.1) is 0 Å². The third kappa shape index (κ3) is 5.65. The third-order valence-electron chi connectivity index (χ3n) is 3.25. The number of amides is 2. The minimum atomic E-state index is -0.127. The van der Waals surface area contributed by atoms with E-state index in [1.54, 1.807) is 7.05 Å². The summed E-state index contributed by atoms with van der Waals surface area (Å²) in [7, 11) is 1.64. The predicted molar refractivity (Wildman–Crippen MR) is 99.2 cm³/mol. The highest BCUT2D eigenvalue weighted by Gasteiger charge is 2.14. The molecule has 5 nitrogen and oxygen atoms in total. The number of rotatable bonds is 8. The molecule has 1 N–H and O–H groups in total. The second kappa shape index (κ2) is 9.44. The highest BCUT2D eigenvalue weighted by Crippen LogP contribution is 2.28. The molecular weight excluding hydrogens is 342 g/mol. The Hall–Kier alpha value is -1.86. The Balaban J connectivity index is 1.81. The first-order chi connectivity index (χ1) is 11.6. The number of nitrogens with one attached hydrogen (secondary N) is 1. The molecular formula is C17H21N3O2S2. The van der Waals surface area contributed by atoms with Gasteiger partial charge in [-0.05, 0) is 6.42 Å². The second-order valence-corrected chi connectivity index (χ2v) is 7.33. The molecule has 7 heteroatoms. The Bertz CT molecular complexity index is 673. The molecule has 0 atom stereocenters. The van der Waals surface area contributed by atoms with Gasteiger partial charge in [-0.25, -0.2) is 4.98 Å². The van der Waals surface area contributed by atoms with E-state index in [2.05, 4.69) is 10.3 Å². The summed E-state index contributed by atoms with van der Waals surface area (Å²) in [5.41, 5.74) is 1.99. The quantitative estimate of drug-likeness (QED) is 0.733. The van der Waals surface area contributed by atoms with E-state index < -0.39 is 0 Å². The van der Waals surface area contributed by atoms with Crippen LogP contribution < -0.4 is 5.32 Å². The first-order valence-corrected chi connectivity index (χ1v) is 9.61. The molecule has 0 saturated heterocycles. The summed E-state index contributed by atoms with van der Waals surface area (Å²) in [4.78, 5) is 29.7. The van der Waals surface area contributed by atoms with Crippen LogP contribution in [0.15, 0.2) is 40.1 Å². The molecule has 1 aromatic heterocycles. The lowest BCUT2D eigenvalue weighted by atomic mass is 10.2. The largest absolute Gasteiger partial charge is 0.355 e. The number of thioether (sulfide) groups is 1. The summed E-state index contributed by atoms with van der Waals surface area (Å²) in [6.07, 6.45) is 0.882. The molecule has 0 radical (unpaired) electrons. The fourth-order valence-electron chi connectivity index (χ4n) is 1.92. The van der Waals surface area contributed by atoms with Gasteiger partial charge in [0, 0.05) is 24.5 Å². The average molecular weight is 364 g/mol. The van der Waals surface area contributed by atoms with Crippen molar-refractivity contribution in [2.45, 2.75) is 17.7 Å². The van der Waals surface area contributed by atoms with Crippen LogP contribution in [0.1, 0.15) is 13.3 Å². The fourth-order valence-corrected chi connectivity index (χ4v) is 3.70. The van der Waals surface area contributed by atoms with Gasteiger partial charge in [0.15, 0.2) is 4.34 Å². The molecule has 0 unspecified atom stereocenters. The fraction of sp³-hybridized carbons (Fsp3) is 0.353. The first-order valence-electron chi connectivity index (χ1n) is 7.74. The van der Waals surface area contributed by atoms with Crippen molar-refractivity contribution in [2.24, 2.45) is 0 Å². The Kier molecular flexibility index (Phi) is 7.27. The Morgan fingerprint density at radius 3 is 2.75 bits per heavy atom. The molecule has 0 aliphatic heterocycles. The molecule has 2 amide bonds. The highest BCUT2D eigenvalue weighted by molar-refractivity contribution is 8.01. The topological polar surface area (TPSA) is 62.3 Å². The lowest BCUT2D eigenvalue weighted by Gasteiger charge is -2.16. The van der Waals surface area contributed by atoms with Crippen molar-refractivity contribution < 1.29 is 9.59 Å². The lowest BCUT2D eigenvalue weighted by molar-refractivity contribution is -0.132. The van der Waals surface area contributed by atoms with Crippen LogP contribution >= 0.6 is 23.1 Å². The maximum Gasteiger partial charge on any atom is 0.239 e. The molecule has 2 rings (SSSR count). The normalized spacial score (nSPS) is 10.4. The van der Waals surface area contributed by atoms with Crippen LogP contribution in [0.25, 0.3) is 11.3 Å². The Morgan fingerprint density at radius 1 is 1.29 bits per heavy atom. The van der Waals surface area contributed by atoms with Gasteiger partial charge in [-0.15, -0.1) is 11.3 Å². The molecule has 0 aliphatic rings. The molecule has 0 fully saturated rings. The number of carbonyl (C=O) groups excluding carboxylic acids is 2. The summed E-state index contributed by atoms with van der Waals surface area (Å²) in [5.74, 6) is 0.0701. The van der Waals surface area contributed by atoms with Gasteiger partial charge in [0.1, 0.15) is 0 Å². The van der Waals surface area contributed by atoms with Crippen molar-refractivity contribution in [3.63, 3.8) is 0 Å². The number of aromatic nitrogens is 1. The van der Waals surface area contributed by atoms with E-state index in [0.29, 0.717) is 6.54 Å². The number of thiazole rings is 1. The zero-order valence-electron chi connectivity index (χ0n) is 13.8. The molecule has 0 bridgehead atoms. The minimum absolute atomic E-state index is 0.0805. The summed E-state index contributed by atoms with van der Waals surface area (Å²) in [5, 5.41) is 4.75. The predicted octanol–water partition coefficient (Wildman–Crippen LogP) is 2.89. The lowest BCUT2D eigenvalue weighted by Crippen LogP contribution is -2.39. The van der Waals surface area contributed by atoms with Crippen LogP contribution in [0.4, 0.5) is 0 Å². The summed E-state index contributed by atoms with van der Waals surface area (Å²) in [6, 6.07) is 9.94. The van der Waals surface area contributed by atoms with E-state index in [4.69, 9.17) is 0 Å². The summed E-state index contributed by atoms with van der Waals surface area (Å²) >= 11 is 2.93. The van der Waals surface area contributed by atoms with E-state index >= 15 is 0 Å². The van der Waals surface area contributed by atoms with Gasteiger partial charge in [0.05, 0.1) is 18.0 Å². The van der Waals surface area contributed by atoms with E-state index in [9.17, 15) is 9.59 Å². The van der Waals surface area contributed by atoms with Crippen LogP contribution in [0.2, 0.25) is 0 Å². The maximum atomic E-state index is 12.1. The van der Waals surface area contributed by atoms with Gasteiger partial charge >= 0.3 is 0 Å². The molecule has 0 spiro atoms. The average Bonchev–Trinajstić information content (AvgIpc) is 3.07. The van der Waals surface area contributed by atoms with Crippen molar-refractivity contribution in [1.29, 1.82) is 0 Å². The third-order valence-corrected chi connectivity index (χ3v) is 5.26. The summed E-state index contributed by atoms with van der Waals surface area (Å²) < 4.78 is 0.853. The van der Waals surface area contributed by atoms with Crippen LogP contribution in [-0.4, -0.2) is 47.6 Å². The first kappa shape index (κ1) is 18.5. The molecule has 0 aliphatic carbocycles. The molecule has 24 heavy (non-hydrogen) atoms. The van der Waals surface area contributed by atoms with E-state index in [1.807, 2.05) is 42.6 Å². The van der Waals surface area contributed by atoms with Gasteiger partial charge in [-0.3, -0.25) is 9.59 Å². The summed E-state index contributed by atoms with van der Waals surface area (Å²) in [6.45, 7) is 2.72. The number of nitrogens with zero attached hydrogens (tertiary/aromatic N) is 2. The van der Waals surface area contributed by atoms with Gasteiger partial charge in [0.2, 0.25) is 11.8 Å². The zero-order valence-corrected chi connectivity index (χ0v) is 15.5. The standard InChI is InChI=1S/C17H21N3O2S2/c1-3-9-18-15(21)10-20(2)16(22)12-24-17-19-14(11-23-17)13-7-5-4-6-8-13/h4-8,11H,3,9-10,12H2,1-2H3,(H,18,21). The molecule has 0 saturated carbocycles. The number of hydrogen-bond donors (Lipinski definition) is 1. The van der Waals surface area contributed by atoms with Crippen molar-refractivity contribution in [1.82, 2.24) is 15.2 Å². The monoisotopic (exact) mass is 363 g/mol. The zero-order chi connectivity index (χ0) is 17.4.